The fourth-order valence-electron chi connectivity index (χ4n) is 1.51. The van der Waals surface area contributed by atoms with Crippen molar-refractivity contribution in [2.24, 2.45) is 0 Å². The maximum absolute atomic E-state index is 14.0. The zero-order chi connectivity index (χ0) is 19.4. The van der Waals surface area contributed by atoms with Gasteiger partial charge in [0, 0.05) is 0 Å². The zero-order valence-corrected chi connectivity index (χ0v) is 13.2. The van der Waals surface area contributed by atoms with Crippen LogP contribution < -0.4 is 5.73 Å². The molecule has 1 aromatic carbocycles. The van der Waals surface area contributed by atoms with Gasteiger partial charge in [-0.25, -0.2) is 4.21 Å². The van der Waals surface area contributed by atoms with Gasteiger partial charge in [-0.3, -0.25) is 0 Å². The maximum Gasteiger partial charge on any atom is 0.416 e. The van der Waals surface area contributed by atoms with Crippen molar-refractivity contribution in [3.05, 3.63) is 22.2 Å². The molecule has 0 spiro atoms. The molecule has 0 aliphatic heterocycles. The van der Waals surface area contributed by atoms with Gasteiger partial charge in [0.25, 0.3) is 9.84 Å². The summed E-state index contributed by atoms with van der Waals surface area (Å²) in [4.78, 5) is -2.26. The largest absolute Gasteiger partial charge is 0.416 e. The normalized spacial score (nSPS) is 15.9. The maximum atomic E-state index is 14.0. The predicted octanol–water partition coefficient (Wildman–Crippen LogP) is 5.70. The minimum absolute atomic E-state index is 0.130. The van der Waals surface area contributed by atoms with Crippen molar-refractivity contribution in [2.45, 2.75) is 28.7 Å². The second kappa shape index (κ2) is 5.56. The summed E-state index contributed by atoms with van der Waals surface area (Å²) in [5, 5.41) is -8.73. The molecule has 0 aliphatic rings. The molecular formula is C10H6Cl2F9NOS. The highest BCUT2D eigenvalue weighted by atomic mass is 35.5. The molecule has 0 heterocycles. The Hall–Kier alpha value is -0.880. The van der Waals surface area contributed by atoms with Crippen LogP contribution in [0.1, 0.15) is 6.42 Å². The Morgan fingerprint density at radius 2 is 1.33 bits per heavy atom. The topological polar surface area (TPSA) is 43.1 Å². The van der Waals surface area contributed by atoms with Crippen molar-refractivity contribution in [3.8, 4) is 0 Å². The van der Waals surface area contributed by atoms with Crippen LogP contribution >= 0.6 is 23.2 Å². The average molecular weight is 430 g/mol. The number of benzene rings is 1. The van der Waals surface area contributed by atoms with Gasteiger partial charge < -0.3 is 5.73 Å². The number of anilines is 1. The summed E-state index contributed by atoms with van der Waals surface area (Å²) >= 11 is 10.6. The van der Waals surface area contributed by atoms with Gasteiger partial charge in [-0.1, -0.05) is 23.2 Å². The van der Waals surface area contributed by atoms with Crippen LogP contribution in [0, 0.1) is 0 Å². The number of rotatable bonds is 4. The number of nitrogens with two attached hydrogens (primary N) is 1. The molecule has 0 saturated carbocycles. The molecule has 140 valence electrons. The van der Waals surface area contributed by atoms with Crippen LogP contribution in [0.2, 0.25) is 10.0 Å². The third kappa shape index (κ3) is 3.40. The third-order valence-corrected chi connectivity index (χ3v) is 5.52. The smallest absolute Gasteiger partial charge is 0.396 e. The summed E-state index contributed by atoms with van der Waals surface area (Å²) in [7, 11) is -8.88. The lowest BCUT2D eigenvalue weighted by molar-refractivity contribution is -0.238. The highest BCUT2D eigenvalue weighted by Gasteiger charge is 2.77. The van der Waals surface area contributed by atoms with E-state index in [1.165, 1.54) is 0 Å². The Bertz CT molecular complexity index is 705. The molecule has 24 heavy (non-hydrogen) atoms. The van der Waals surface area contributed by atoms with Gasteiger partial charge in [0.05, 0.1) is 20.6 Å². The van der Waals surface area contributed by atoms with Crippen LogP contribution in [0.5, 0.6) is 0 Å². The Balaban J connectivity index is 3.62. The van der Waals surface area contributed by atoms with Crippen molar-refractivity contribution < 1.29 is 42.7 Å². The molecule has 0 radical (unpaired) electrons. The van der Waals surface area contributed by atoms with E-state index in [1.807, 2.05) is 0 Å². The van der Waals surface area contributed by atoms with Crippen LogP contribution in [-0.2, 0) is 9.84 Å². The van der Waals surface area contributed by atoms with E-state index in [9.17, 15) is 42.7 Å². The van der Waals surface area contributed by atoms with Gasteiger partial charge in [0.2, 0.25) is 0 Å². The molecule has 2 nitrogen and oxygen atoms in total. The first-order valence-corrected chi connectivity index (χ1v) is 8.01. The number of alkyl halides is 7. The summed E-state index contributed by atoms with van der Waals surface area (Å²) in [5.74, 6) is -6.38. The van der Waals surface area contributed by atoms with Crippen molar-refractivity contribution in [2.75, 3.05) is 5.73 Å². The summed E-state index contributed by atoms with van der Waals surface area (Å²) in [6.07, 6.45) is -9.55. The SMILES string of the molecule is Nc1c(Cl)cc(S(=O)(F)(F)C(F)(F)C(F)(F)CC(F)(F)F)cc1Cl. The van der Waals surface area contributed by atoms with E-state index >= 15 is 0 Å². The molecule has 1 rings (SSSR count). The van der Waals surface area contributed by atoms with Crippen molar-refractivity contribution in [1.82, 2.24) is 0 Å². The molecule has 0 atom stereocenters. The molecule has 14 heteroatoms. The Morgan fingerprint density at radius 3 is 1.67 bits per heavy atom. The fraction of sp³-hybridized carbons (Fsp3) is 0.400. The standard InChI is InChI=1S/C10H6Cl2F9NOS/c11-5-1-4(2-6(12)7(5)22)24(20,21,23)10(18,19)8(13,14)3-9(15,16)17/h1-2H,3,22H2. The van der Waals surface area contributed by atoms with E-state index in [0.717, 1.165) is 0 Å². The molecule has 2 N–H and O–H groups in total. The fourth-order valence-corrected chi connectivity index (χ4v) is 3.62. The summed E-state index contributed by atoms with van der Waals surface area (Å²) in [6, 6.07) is -0.259. The zero-order valence-electron chi connectivity index (χ0n) is 10.9. The van der Waals surface area contributed by atoms with Crippen molar-refractivity contribution >= 4 is 38.7 Å². The molecule has 0 fully saturated rings. The Morgan fingerprint density at radius 1 is 0.958 bits per heavy atom. The van der Waals surface area contributed by atoms with Gasteiger partial charge in [-0.05, 0) is 12.1 Å². The van der Waals surface area contributed by atoms with Crippen LogP contribution in [0.15, 0.2) is 17.0 Å². The summed E-state index contributed by atoms with van der Waals surface area (Å²) < 4.78 is 129. The van der Waals surface area contributed by atoms with Crippen LogP contribution in [0.25, 0.3) is 0 Å². The molecule has 0 aliphatic carbocycles. The monoisotopic (exact) mass is 429 g/mol. The average Bonchev–Trinajstić information content (AvgIpc) is 2.31. The van der Waals surface area contributed by atoms with Crippen LogP contribution in [-0.4, -0.2) is 21.6 Å². The van der Waals surface area contributed by atoms with E-state index in [1.54, 1.807) is 0 Å². The first-order chi connectivity index (χ1) is 10.3. The Labute approximate surface area is 138 Å². The number of hydrogen-bond donors (Lipinski definition) is 1. The number of nitrogen functional groups attached to an aromatic ring is 1. The number of hydrogen-bond acceptors (Lipinski definition) is 2. The van der Waals surface area contributed by atoms with Crippen molar-refractivity contribution in [3.63, 3.8) is 0 Å². The van der Waals surface area contributed by atoms with Crippen molar-refractivity contribution in [1.29, 1.82) is 0 Å². The van der Waals surface area contributed by atoms with Gasteiger partial charge in [-0.2, -0.15) is 30.7 Å². The molecule has 1 aromatic rings. The summed E-state index contributed by atoms with van der Waals surface area (Å²) in [6.45, 7) is 0. The van der Waals surface area contributed by atoms with E-state index in [-0.39, 0.29) is 12.1 Å². The molecular weight excluding hydrogens is 424 g/mol. The van der Waals surface area contributed by atoms with Gasteiger partial charge >= 0.3 is 17.4 Å². The predicted molar refractivity (Wildman–Crippen MR) is 70.1 cm³/mol. The molecule has 0 amide bonds. The van der Waals surface area contributed by atoms with Gasteiger partial charge in [-0.15, -0.1) is 7.77 Å². The number of halogens is 11. The lowest BCUT2D eigenvalue weighted by Gasteiger charge is -2.37. The minimum atomic E-state index is -8.88. The van der Waals surface area contributed by atoms with E-state index in [4.69, 9.17) is 28.9 Å². The second-order valence-corrected chi connectivity index (χ2v) is 7.90. The van der Waals surface area contributed by atoms with Crippen LogP contribution in [0.3, 0.4) is 0 Å². The minimum Gasteiger partial charge on any atom is -0.396 e. The first-order valence-electron chi connectivity index (χ1n) is 5.48. The van der Waals surface area contributed by atoms with E-state index in [0.29, 0.717) is 0 Å². The quantitative estimate of drug-likeness (QED) is 0.378. The Kier molecular flexibility index (Phi) is 4.90. The third-order valence-electron chi connectivity index (χ3n) is 2.72. The lowest BCUT2D eigenvalue weighted by Crippen LogP contribution is -2.56. The van der Waals surface area contributed by atoms with E-state index in [2.05, 4.69) is 0 Å². The highest BCUT2D eigenvalue weighted by Crippen LogP contribution is 2.60. The molecule has 0 bridgehead atoms. The summed E-state index contributed by atoms with van der Waals surface area (Å²) in [5.41, 5.74) is 4.52. The van der Waals surface area contributed by atoms with E-state index < -0.39 is 54.2 Å². The molecule has 0 aromatic heterocycles. The second-order valence-electron chi connectivity index (χ2n) is 4.58. The first kappa shape index (κ1) is 21.2. The lowest BCUT2D eigenvalue weighted by atomic mass is 10.2. The van der Waals surface area contributed by atoms with Gasteiger partial charge in [0.1, 0.15) is 6.42 Å². The van der Waals surface area contributed by atoms with Crippen LogP contribution in [0.4, 0.5) is 44.2 Å². The highest BCUT2D eigenvalue weighted by molar-refractivity contribution is 8.12. The molecule has 0 unspecified atom stereocenters. The molecule has 0 saturated heterocycles. The van der Waals surface area contributed by atoms with Gasteiger partial charge in [0.15, 0.2) is 0 Å².